The van der Waals surface area contributed by atoms with Crippen LogP contribution in [0.3, 0.4) is 0 Å². The third-order valence-electron chi connectivity index (χ3n) is 4.21. The predicted molar refractivity (Wildman–Crippen MR) is 91.3 cm³/mol. The molecule has 1 fully saturated rings. The van der Waals surface area contributed by atoms with E-state index in [1.165, 1.54) is 5.56 Å². The van der Waals surface area contributed by atoms with Crippen LogP contribution in [-0.2, 0) is 13.0 Å². The minimum Gasteiger partial charge on any atom is -0.332 e. The van der Waals surface area contributed by atoms with Gasteiger partial charge in [0.25, 0.3) is 0 Å². The van der Waals surface area contributed by atoms with Crippen molar-refractivity contribution in [2.75, 3.05) is 6.54 Å². The average molecular weight is 330 g/mol. The van der Waals surface area contributed by atoms with E-state index in [0.29, 0.717) is 6.54 Å². The first-order valence-corrected chi connectivity index (χ1v) is 9.03. The van der Waals surface area contributed by atoms with Crippen molar-refractivity contribution in [2.24, 2.45) is 0 Å². The fourth-order valence-corrected chi connectivity index (χ4v) is 3.73. The summed E-state index contributed by atoms with van der Waals surface area (Å²) in [6, 6.07) is 4.15. The lowest BCUT2D eigenvalue weighted by molar-refractivity contribution is 0.151. The normalized spacial score (nSPS) is 18.0. The summed E-state index contributed by atoms with van der Waals surface area (Å²) in [5, 5.41) is 6.02. The molecule has 0 unspecified atom stereocenters. The number of aryl methyl sites for hydroxylation is 1. The van der Waals surface area contributed by atoms with E-state index in [0.717, 1.165) is 42.9 Å². The maximum absolute atomic E-state index is 12.6. The molecule has 3 heterocycles. The van der Waals surface area contributed by atoms with Crippen LogP contribution in [0.25, 0.3) is 0 Å². The molecule has 1 N–H and O–H groups in total. The monoisotopic (exact) mass is 330 g/mol. The lowest BCUT2D eigenvalue weighted by atomic mass is 10.0. The van der Waals surface area contributed by atoms with E-state index < -0.39 is 0 Å². The van der Waals surface area contributed by atoms with Gasteiger partial charge in [-0.3, -0.25) is 4.98 Å². The number of carbonyl (C=O) groups is 1. The number of hydrogen-bond donors (Lipinski definition) is 1. The molecule has 0 saturated carbocycles. The first-order valence-electron chi connectivity index (χ1n) is 8.15. The van der Waals surface area contributed by atoms with Gasteiger partial charge in [-0.25, -0.2) is 9.78 Å². The highest BCUT2D eigenvalue weighted by Crippen LogP contribution is 2.31. The summed E-state index contributed by atoms with van der Waals surface area (Å²) in [7, 11) is 0. The lowest BCUT2D eigenvalue weighted by Gasteiger charge is -2.34. The molecular weight excluding hydrogens is 308 g/mol. The molecule has 0 spiro atoms. The second kappa shape index (κ2) is 7.55. The molecule has 1 atom stereocenters. The Morgan fingerprint density at radius 2 is 2.30 bits per heavy atom. The molecular formula is C17H22N4OS. The number of nitrogens with one attached hydrogen (secondary N) is 1. The van der Waals surface area contributed by atoms with E-state index in [1.807, 2.05) is 22.5 Å². The van der Waals surface area contributed by atoms with Gasteiger partial charge in [0, 0.05) is 24.3 Å². The first kappa shape index (κ1) is 15.9. The number of likely N-dealkylation sites (tertiary alicyclic amines) is 1. The number of piperidine rings is 1. The molecule has 0 aromatic carbocycles. The van der Waals surface area contributed by atoms with E-state index in [4.69, 9.17) is 0 Å². The number of hydrogen-bond acceptors (Lipinski definition) is 4. The number of rotatable bonds is 4. The van der Waals surface area contributed by atoms with Crippen LogP contribution >= 0.6 is 11.3 Å². The molecule has 6 heteroatoms. The van der Waals surface area contributed by atoms with Crippen molar-refractivity contribution in [1.29, 1.82) is 0 Å². The molecule has 122 valence electrons. The number of aromatic nitrogens is 2. The molecule has 0 bridgehead atoms. The Balaban J connectivity index is 1.64. The molecule has 1 saturated heterocycles. The van der Waals surface area contributed by atoms with Crippen LogP contribution in [0, 0.1) is 0 Å². The van der Waals surface area contributed by atoms with Gasteiger partial charge >= 0.3 is 6.03 Å². The van der Waals surface area contributed by atoms with E-state index in [1.54, 1.807) is 17.5 Å². The SMILES string of the molecule is CCc1ccnc(CNC(=O)N2CCCC[C@H]2c2nccs2)c1. The Bertz CT molecular complexity index is 644. The van der Waals surface area contributed by atoms with Crippen LogP contribution in [-0.4, -0.2) is 27.4 Å². The standard InChI is InChI=1S/C17H22N4OS/c1-2-13-6-7-18-14(11-13)12-20-17(22)21-9-4-3-5-15(21)16-19-8-10-23-16/h6-8,10-11,15H,2-5,9,12H2,1H3,(H,20,22)/t15-/m0/s1. The van der Waals surface area contributed by atoms with E-state index in [-0.39, 0.29) is 12.1 Å². The molecule has 2 aromatic rings. The van der Waals surface area contributed by atoms with Crippen molar-refractivity contribution >= 4 is 17.4 Å². The van der Waals surface area contributed by atoms with Crippen molar-refractivity contribution in [3.05, 3.63) is 46.2 Å². The van der Waals surface area contributed by atoms with E-state index in [2.05, 4.69) is 28.3 Å². The van der Waals surface area contributed by atoms with Gasteiger partial charge < -0.3 is 10.2 Å². The van der Waals surface area contributed by atoms with Gasteiger partial charge in [0.15, 0.2) is 0 Å². The van der Waals surface area contributed by atoms with Crippen molar-refractivity contribution in [1.82, 2.24) is 20.2 Å². The summed E-state index contributed by atoms with van der Waals surface area (Å²) < 4.78 is 0. The van der Waals surface area contributed by atoms with Crippen LogP contribution in [0.2, 0.25) is 0 Å². The zero-order valence-electron chi connectivity index (χ0n) is 13.4. The Labute approximate surface area is 140 Å². The summed E-state index contributed by atoms with van der Waals surface area (Å²) >= 11 is 1.62. The van der Waals surface area contributed by atoms with Gasteiger partial charge in [-0.1, -0.05) is 6.92 Å². The average Bonchev–Trinajstić information content (AvgIpc) is 3.14. The highest BCUT2D eigenvalue weighted by atomic mass is 32.1. The lowest BCUT2D eigenvalue weighted by Crippen LogP contribution is -2.44. The molecule has 23 heavy (non-hydrogen) atoms. The summed E-state index contributed by atoms with van der Waals surface area (Å²) in [5.41, 5.74) is 2.14. The summed E-state index contributed by atoms with van der Waals surface area (Å²) in [6.45, 7) is 3.37. The minimum atomic E-state index is -0.0198. The molecule has 3 rings (SSSR count). The van der Waals surface area contributed by atoms with Crippen molar-refractivity contribution in [3.8, 4) is 0 Å². The third-order valence-corrected chi connectivity index (χ3v) is 5.09. The second-order valence-corrected chi connectivity index (χ2v) is 6.67. The Morgan fingerprint density at radius 1 is 1.39 bits per heavy atom. The maximum Gasteiger partial charge on any atom is 0.318 e. The molecule has 2 aromatic heterocycles. The summed E-state index contributed by atoms with van der Waals surface area (Å²) in [5.74, 6) is 0. The smallest absolute Gasteiger partial charge is 0.318 e. The Hall–Kier alpha value is -1.95. The van der Waals surface area contributed by atoms with Crippen molar-refractivity contribution in [2.45, 2.75) is 45.2 Å². The molecule has 0 aliphatic carbocycles. The molecule has 5 nitrogen and oxygen atoms in total. The maximum atomic E-state index is 12.6. The topological polar surface area (TPSA) is 58.1 Å². The summed E-state index contributed by atoms with van der Waals surface area (Å²) in [4.78, 5) is 23.2. The molecule has 1 aliphatic rings. The quantitative estimate of drug-likeness (QED) is 0.933. The van der Waals surface area contributed by atoms with Crippen LogP contribution < -0.4 is 5.32 Å². The number of pyridine rings is 1. The predicted octanol–water partition coefficient (Wildman–Crippen LogP) is 3.54. The van der Waals surface area contributed by atoms with Crippen LogP contribution in [0.4, 0.5) is 4.79 Å². The fourth-order valence-electron chi connectivity index (χ4n) is 2.94. The van der Waals surface area contributed by atoms with Gasteiger partial charge in [-0.15, -0.1) is 11.3 Å². The second-order valence-electron chi connectivity index (χ2n) is 5.74. The highest BCUT2D eigenvalue weighted by Gasteiger charge is 2.29. The summed E-state index contributed by atoms with van der Waals surface area (Å²) in [6.07, 6.45) is 7.78. The van der Waals surface area contributed by atoms with Gasteiger partial charge in [-0.2, -0.15) is 0 Å². The number of amides is 2. The van der Waals surface area contributed by atoms with Crippen molar-refractivity contribution < 1.29 is 4.79 Å². The number of urea groups is 1. The molecule has 0 radical (unpaired) electrons. The number of thiazole rings is 1. The highest BCUT2D eigenvalue weighted by molar-refractivity contribution is 7.09. The van der Waals surface area contributed by atoms with E-state index >= 15 is 0 Å². The fraction of sp³-hybridized carbons (Fsp3) is 0.471. The van der Waals surface area contributed by atoms with Crippen molar-refractivity contribution in [3.63, 3.8) is 0 Å². The Morgan fingerprint density at radius 3 is 3.09 bits per heavy atom. The number of nitrogens with zero attached hydrogens (tertiary/aromatic N) is 3. The number of carbonyl (C=O) groups excluding carboxylic acids is 1. The Kier molecular flexibility index (Phi) is 5.23. The van der Waals surface area contributed by atoms with Crippen LogP contribution in [0.5, 0.6) is 0 Å². The first-order chi connectivity index (χ1) is 11.3. The van der Waals surface area contributed by atoms with Gasteiger partial charge in [0.05, 0.1) is 18.3 Å². The van der Waals surface area contributed by atoms with Gasteiger partial charge in [-0.05, 0) is 43.4 Å². The largest absolute Gasteiger partial charge is 0.332 e. The van der Waals surface area contributed by atoms with Crippen LogP contribution in [0.15, 0.2) is 29.9 Å². The zero-order valence-corrected chi connectivity index (χ0v) is 14.2. The minimum absolute atomic E-state index is 0.0198. The molecule has 2 amide bonds. The van der Waals surface area contributed by atoms with Gasteiger partial charge in [0.1, 0.15) is 5.01 Å². The molecule has 1 aliphatic heterocycles. The van der Waals surface area contributed by atoms with Gasteiger partial charge in [0.2, 0.25) is 0 Å². The van der Waals surface area contributed by atoms with Crippen LogP contribution in [0.1, 0.15) is 48.5 Å². The van der Waals surface area contributed by atoms with E-state index in [9.17, 15) is 4.79 Å². The third kappa shape index (κ3) is 3.88. The zero-order chi connectivity index (χ0) is 16.1.